The molecule has 0 radical (unpaired) electrons. The molecule has 33 heavy (non-hydrogen) atoms. The molecule has 0 unspecified atom stereocenters. The highest BCUT2D eigenvalue weighted by Gasteiger charge is 2.16. The minimum atomic E-state index is -0.396. The van der Waals surface area contributed by atoms with Crippen molar-refractivity contribution < 1.29 is 14.3 Å². The normalized spacial score (nSPS) is 10.3. The van der Waals surface area contributed by atoms with Crippen molar-refractivity contribution in [3.8, 4) is 5.75 Å². The van der Waals surface area contributed by atoms with E-state index < -0.39 is 5.91 Å². The van der Waals surface area contributed by atoms with Gasteiger partial charge in [0.2, 0.25) is 0 Å². The Labute approximate surface area is 207 Å². The summed E-state index contributed by atoms with van der Waals surface area (Å²) >= 11 is 8.68. The zero-order valence-corrected chi connectivity index (χ0v) is 20.7. The summed E-state index contributed by atoms with van der Waals surface area (Å²) in [7, 11) is 1.76. The van der Waals surface area contributed by atoms with Gasteiger partial charge in [-0.3, -0.25) is 14.9 Å². The summed E-state index contributed by atoms with van der Waals surface area (Å²) in [5, 5.41) is 5.74. The standard InChI is InChI=1S/C25H24BrN3O3S/c1-3-32-22-13-12-19(26)15-21(22)23(30)28-25(33)27-20-11-7-10-18(14-20)24(31)29(2)16-17-8-5-4-6-9-17/h4-15H,3,16H2,1-2H3,(H2,27,28,30,33). The summed E-state index contributed by atoms with van der Waals surface area (Å²) in [6.07, 6.45) is 0. The number of ether oxygens (including phenoxy) is 1. The van der Waals surface area contributed by atoms with Crippen LogP contribution in [0.15, 0.2) is 77.3 Å². The van der Waals surface area contributed by atoms with E-state index in [-0.39, 0.29) is 11.0 Å². The van der Waals surface area contributed by atoms with Crippen molar-refractivity contribution in [1.29, 1.82) is 0 Å². The van der Waals surface area contributed by atoms with Gasteiger partial charge in [0.1, 0.15) is 5.75 Å². The lowest BCUT2D eigenvalue weighted by Gasteiger charge is -2.18. The van der Waals surface area contributed by atoms with Crippen LogP contribution in [0.1, 0.15) is 33.2 Å². The number of rotatable bonds is 7. The molecular formula is C25H24BrN3O3S. The summed E-state index contributed by atoms with van der Waals surface area (Å²) in [6.45, 7) is 2.78. The molecule has 6 nitrogen and oxygen atoms in total. The van der Waals surface area contributed by atoms with Gasteiger partial charge in [-0.15, -0.1) is 0 Å². The van der Waals surface area contributed by atoms with Crippen molar-refractivity contribution in [2.24, 2.45) is 0 Å². The number of anilines is 1. The topological polar surface area (TPSA) is 70.7 Å². The van der Waals surface area contributed by atoms with E-state index in [4.69, 9.17) is 17.0 Å². The van der Waals surface area contributed by atoms with Gasteiger partial charge in [-0.25, -0.2) is 0 Å². The maximum Gasteiger partial charge on any atom is 0.261 e. The lowest BCUT2D eigenvalue weighted by molar-refractivity contribution is 0.0785. The Balaban J connectivity index is 1.65. The predicted octanol–water partition coefficient (Wildman–Crippen LogP) is 5.25. The molecule has 2 N–H and O–H groups in total. The summed E-state index contributed by atoms with van der Waals surface area (Å²) < 4.78 is 6.28. The van der Waals surface area contributed by atoms with Gasteiger partial charge in [-0.2, -0.15) is 0 Å². The van der Waals surface area contributed by atoms with Gasteiger partial charge in [0.25, 0.3) is 11.8 Å². The van der Waals surface area contributed by atoms with Crippen molar-refractivity contribution in [3.63, 3.8) is 0 Å². The minimum absolute atomic E-state index is 0.115. The third-order valence-electron chi connectivity index (χ3n) is 4.69. The van der Waals surface area contributed by atoms with Crippen molar-refractivity contribution in [1.82, 2.24) is 10.2 Å². The van der Waals surface area contributed by atoms with Crippen molar-refractivity contribution in [3.05, 3.63) is 94.0 Å². The number of nitrogens with zero attached hydrogens (tertiary/aromatic N) is 1. The van der Waals surface area contributed by atoms with Crippen LogP contribution < -0.4 is 15.4 Å². The molecule has 0 aliphatic carbocycles. The largest absolute Gasteiger partial charge is 0.493 e. The van der Waals surface area contributed by atoms with E-state index in [0.717, 1.165) is 10.0 Å². The van der Waals surface area contributed by atoms with Crippen LogP contribution >= 0.6 is 28.1 Å². The third-order valence-corrected chi connectivity index (χ3v) is 5.39. The lowest BCUT2D eigenvalue weighted by atomic mass is 10.1. The molecule has 0 spiro atoms. The van der Waals surface area contributed by atoms with Crippen LogP contribution in [-0.2, 0) is 6.54 Å². The van der Waals surface area contributed by atoms with Crippen LogP contribution in [0.3, 0.4) is 0 Å². The predicted molar refractivity (Wildman–Crippen MR) is 138 cm³/mol. The van der Waals surface area contributed by atoms with Crippen LogP contribution in [0.5, 0.6) is 5.75 Å². The highest BCUT2D eigenvalue weighted by molar-refractivity contribution is 9.10. The van der Waals surface area contributed by atoms with Gasteiger partial charge in [0.15, 0.2) is 5.11 Å². The molecule has 0 atom stereocenters. The minimum Gasteiger partial charge on any atom is -0.493 e. The van der Waals surface area contributed by atoms with E-state index in [1.165, 1.54) is 0 Å². The Bertz CT molecular complexity index is 1150. The first-order valence-electron chi connectivity index (χ1n) is 10.3. The highest BCUT2D eigenvalue weighted by atomic mass is 79.9. The highest BCUT2D eigenvalue weighted by Crippen LogP contribution is 2.23. The first-order chi connectivity index (χ1) is 15.9. The molecule has 3 aromatic rings. The Kier molecular flexibility index (Phi) is 8.57. The van der Waals surface area contributed by atoms with Gasteiger partial charge < -0.3 is 15.0 Å². The number of hydrogen-bond acceptors (Lipinski definition) is 4. The van der Waals surface area contributed by atoms with E-state index in [9.17, 15) is 9.59 Å². The van der Waals surface area contributed by atoms with E-state index in [2.05, 4.69) is 26.6 Å². The number of carbonyl (C=O) groups is 2. The molecule has 0 saturated carbocycles. The monoisotopic (exact) mass is 525 g/mol. The quantitative estimate of drug-likeness (QED) is 0.412. The van der Waals surface area contributed by atoms with Crippen molar-refractivity contribution in [2.75, 3.05) is 19.0 Å². The molecule has 2 amide bonds. The SMILES string of the molecule is CCOc1ccc(Br)cc1C(=O)NC(=S)Nc1cccc(C(=O)N(C)Cc2ccccc2)c1. The first kappa shape index (κ1) is 24.4. The molecule has 0 bridgehead atoms. The van der Waals surface area contributed by atoms with E-state index >= 15 is 0 Å². The van der Waals surface area contributed by atoms with Crippen molar-refractivity contribution >= 4 is 50.8 Å². The molecule has 0 aliphatic rings. The number of hydrogen-bond donors (Lipinski definition) is 2. The Morgan fingerprint density at radius 3 is 2.52 bits per heavy atom. The van der Waals surface area contributed by atoms with Crippen LogP contribution in [0, 0.1) is 0 Å². The number of benzene rings is 3. The number of halogens is 1. The number of amides is 2. The maximum absolute atomic E-state index is 12.9. The van der Waals surface area contributed by atoms with Gasteiger partial charge in [-0.05, 0) is 61.1 Å². The van der Waals surface area contributed by atoms with Gasteiger partial charge in [0.05, 0.1) is 12.2 Å². The van der Waals surface area contributed by atoms with Gasteiger partial charge in [-0.1, -0.05) is 52.3 Å². The Morgan fingerprint density at radius 2 is 1.79 bits per heavy atom. The molecule has 3 aromatic carbocycles. The second kappa shape index (κ2) is 11.6. The second-order valence-electron chi connectivity index (χ2n) is 7.21. The van der Waals surface area contributed by atoms with Gasteiger partial charge >= 0.3 is 0 Å². The fourth-order valence-corrected chi connectivity index (χ4v) is 3.74. The van der Waals surface area contributed by atoms with Crippen molar-refractivity contribution in [2.45, 2.75) is 13.5 Å². The molecule has 170 valence electrons. The Hall–Kier alpha value is -3.23. The first-order valence-corrected chi connectivity index (χ1v) is 11.5. The molecule has 8 heteroatoms. The molecule has 0 aliphatic heterocycles. The fourth-order valence-electron chi connectivity index (χ4n) is 3.17. The van der Waals surface area contributed by atoms with E-state index in [1.54, 1.807) is 54.4 Å². The fraction of sp³-hybridized carbons (Fsp3) is 0.160. The smallest absolute Gasteiger partial charge is 0.261 e. The summed E-state index contributed by atoms with van der Waals surface area (Å²) in [5.41, 5.74) is 2.52. The third kappa shape index (κ3) is 6.87. The van der Waals surface area contributed by atoms with Crippen LogP contribution in [-0.4, -0.2) is 35.5 Å². The van der Waals surface area contributed by atoms with Crippen LogP contribution in [0.4, 0.5) is 5.69 Å². The zero-order valence-electron chi connectivity index (χ0n) is 18.3. The summed E-state index contributed by atoms with van der Waals surface area (Å²) in [6, 6.07) is 22.0. The molecule has 0 aromatic heterocycles. The summed E-state index contributed by atoms with van der Waals surface area (Å²) in [5.74, 6) is -0.0462. The lowest BCUT2D eigenvalue weighted by Crippen LogP contribution is -2.34. The zero-order chi connectivity index (χ0) is 23.8. The molecular weight excluding hydrogens is 502 g/mol. The molecule has 0 heterocycles. The Morgan fingerprint density at radius 1 is 1.03 bits per heavy atom. The summed E-state index contributed by atoms with van der Waals surface area (Å²) in [4.78, 5) is 27.2. The molecule has 0 saturated heterocycles. The molecule has 0 fully saturated rings. The van der Waals surface area contributed by atoms with E-state index in [1.807, 2.05) is 37.3 Å². The van der Waals surface area contributed by atoms with Crippen LogP contribution in [0.2, 0.25) is 0 Å². The number of thiocarbonyl (C=S) groups is 1. The second-order valence-corrected chi connectivity index (χ2v) is 8.53. The van der Waals surface area contributed by atoms with E-state index in [0.29, 0.717) is 35.7 Å². The number of nitrogens with one attached hydrogen (secondary N) is 2. The van der Waals surface area contributed by atoms with Crippen LogP contribution in [0.25, 0.3) is 0 Å². The maximum atomic E-state index is 12.9. The molecule has 3 rings (SSSR count). The van der Waals surface area contributed by atoms with Gasteiger partial charge in [0, 0.05) is 29.3 Å². The number of carbonyl (C=O) groups excluding carboxylic acids is 2. The average molecular weight is 526 g/mol. The average Bonchev–Trinajstić information content (AvgIpc) is 2.80.